The van der Waals surface area contributed by atoms with Crippen LogP contribution in [-0.4, -0.2) is 5.78 Å². The van der Waals surface area contributed by atoms with Crippen LogP contribution in [0.15, 0.2) is 60.3 Å². The van der Waals surface area contributed by atoms with E-state index in [0.29, 0.717) is 16.9 Å². The summed E-state index contributed by atoms with van der Waals surface area (Å²) in [4.78, 5) is 11.9. The molecule has 0 radical (unpaired) electrons. The van der Waals surface area contributed by atoms with Gasteiger partial charge in [0, 0.05) is 17.3 Å². The van der Waals surface area contributed by atoms with E-state index in [2.05, 4.69) is 5.32 Å². The van der Waals surface area contributed by atoms with Gasteiger partial charge in [-0.15, -0.1) is 0 Å². The van der Waals surface area contributed by atoms with Crippen molar-refractivity contribution in [2.75, 3.05) is 5.32 Å². The summed E-state index contributed by atoms with van der Waals surface area (Å²) in [5.41, 5.74) is 1.18. The van der Waals surface area contributed by atoms with Crippen LogP contribution in [-0.2, 0) is 0 Å². The summed E-state index contributed by atoms with van der Waals surface area (Å²) < 4.78 is 26.2. The number of para-hydroxylation sites is 1. The van der Waals surface area contributed by atoms with E-state index >= 15 is 0 Å². The van der Waals surface area contributed by atoms with Crippen LogP contribution in [0.3, 0.4) is 0 Å². The Morgan fingerprint density at radius 2 is 1.70 bits per heavy atom. The zero-order chi connectivity index (χ0) is 14.5. The lowest BCUT2D eigenvalue weighted by atomic mass is 10.1. The van der Waals surface area contributed by atoms with Gasteiger partial charge in [0.05, 0.1) is 5.69 Å². The van der Waals surface area contributed by atoms with Crippen LogP contribution >= 0.6 is 0 Å². The summed E-state index contributed by atoms with van der Waals surface area (Å²) in [7, 11) is 0. The summed E-state index contributed by atoms with van der Waals surface area (Å²) in [6.07, 6.45) is 1.35. The van der Waals surface area contributed by atoms with Crippen LogP contribution < -0.4 is 5.32 Å². The zero-order valence-electron chi connectivity index (χ0n) is 10.9. The first-order valence-corrected chi connectivity index (χ1v) is 6.06. The number of rotatable bonds is 4. The third-order valence-corrected chi connectivity index (χ3v) is 2.68. The lowest BCUT2D eigenvalue weighted by molar-refractivity contribution is 0.104. The van der Waals surface area contributed by atoms with Crippen LogP contribution in [0.1, 0.15) is 17.3 Å². The van der Waals surface area contributed by atoms with Gasteiger partial charge >= 0.3 is 0 Å². The molecule has 0 aliphatic carbocycles. The summed E-state index contributed by atoms with van der Waals surface area (Å²) in [6, 6.07) is 11.5. The molecule has 102 valence electrons. The van der Waals surface area contributed by atoms with E-state index in [-0.39, 0.29) is 5.78 Å². The van der Waals surface area contributed by atoms with Crippen molar-refractivity contribution < 1.29 is 13.6 Å². The maximum atomic E-state index is 13.4. The molecule has 2 rings (SSSR count). The van der Waals surface area contributed by atoms with Gasteiger partial charge in [0.1, 0.15) is 11.6 Å². The van der Waals surface area contributed by atoms with Crippen molar-refractivity contribution in [3.8, 4) is 0 Å². The minimum Gasteiger partial charge on any atom is -0.357 e. The highest BCUT2D eigenvalue weighted by molar-refractivity contribution is 6.05. The molecule has 0 amide bonds. The Kier molecular flexibility index (Phi) is 4.25. The smallest absolute Gasteiger partial charge is 0.187 e. The third kappa shape index (κ3) is 3.51. The molecule has 20 heavy (non-hydrogen) atoms. The van der Waals surface area contributed by atoms with Gasteiger partial charge in [-0.25, -0.2) is 8.78 Å². The summed E-state index contributed by atoms with van der Waals surface area (Å²) >= 11 is 0. The van der Waals surface area contributed by atoms with Crippen molar-refractivity contribution in [3.05, 3.63) is 77.5 Å². The SMILES string of the molecule is C/C(=C\C(=O)c1ccc(F)cc1)Nc1ccccc1F. The Morgan fingerprint density at radius 3 is 2.35 bits per heavy atom. The summed E-state index contributed by atoms with van der Waals surface area (Å²) in [5.74, 6) is -1.06. The van der Waals surface area contributed by atoms with Crippen LogP contribution in [0.5, 0.6) is 0 Å². The number of carbonyl (C=O) groups excluding carboxylic acids is 1. The topological polar surface area (TPSA) is 29.1 Å². The summed E-state index contributed by atoms with van der Waals surface area (Å²) in [6.45, 7) is 1.66. The quantitative estimate of drug-likeness (QED) is 0.669. The molecule has 0 unspecified atom stereocenters. The lowest BCUT2D eigenvalue weighted by Crippen LogP contribution is -2.02. The Labute approximate surface area is 115 Å². The van der Waals surface area contributed by atoms with Crippen molar-refractivity contribution in [3.63, 3.8) is 0 Å². The molecule has 0 bridgehead atoms. The van der Waals surface area contributed by atoms with E-state index in [0.717, 1.165) is 0 Å². The first kappa shape index (κ1) is 13.9. The number of nitrogens with one attached hydrogen (secondary N) is 1. The molecule has 0 saturated heterocycles. The molecule has 0 spiro atoms. The maximum Gasteiger partial charge on any atom is 0.187 e. The highest BCUT2D eigenvalue weighted by Crippen LogP contribution is 2.15. The minimum absolute atomic E-state index is 0.272. The van der Waals surface area contributed by atoms with Gasteiger partial charge in [-0.2, -0.15) is 0 Å². The molecular weight excluding hydrogens is 260 g/mol. The second-order valence-corrected chi connectivity index (χ2v) is 4.30. The molecule has 0 aliphatic heterocycles. The van der Waals surface area contributed by atoms with Gasteiger partial charge in [-0.05, 0) is 43.3 Å². The van der Waals surface area contributed by atoms with Crippen molar-refractivity contribution in [1.29, 1.82) is 0 Å². The minimum atomic E-state index is -0.397. The van der Waals surface area contributed by atoms with Gasteiger partial charge in [0.25, 0.3) is 0 Å². The number of hydrogen-bond acceptors (Lipinski definition) is 2. The summed E-state index contributed by atoms with van der Waals surface area (Å²) in [5, 5.41) is 2.81. The van der Waals surface area contributed by atoms with Gasteiger partial charge in [-0.3, -0.25) is 4.79 Å². The van der Waals surface area contributed by atoms with E-state index in [1.807, 2.05) is 0 Å². The lowest BCUT2D eigenvalue weighted by Gasteiger charge is -2.07. The number of halogens is 2. The van der Waals surface area contributed by atoms with Crippen molar-refractivity contribution in [2.24, 2.45) is 0 Å². The van der Waals surface area contributed by atoms with E-state index in [4.69, 9.17) is 0 Å². The van der Waals surface area contributed by atoms with Crippen molar-refractivity contribution in [1.82, 2.24) is 0 Å². The molecule has 2 nitrogen and oxygen atoms in total. The number of ketones is 1. The normalized spacial score (nSPS) is 11.2. The van der Waals surface area contributed by atoms with Gasteiger partial charge in [0.15, 0.2) is 5.78 Å². The van der Waals surface area contributed by atoms with Crippen LogP contribution in [0.25, 0.3) is 0 Å². The fraction of sp³-hybridized carbons (Fsp3) is 0.0625. The fourth-order valence-electron chi connectivity index (χ4n) is 1.71. The Bertz CT molecular complexity index is 648. The predicted octanol–water partition coefficient (Wildman–Crippen LogP) is 4.16. The first-order valence-electron chi connectivity index (χ1n) is 6.06. The van der Waals surface area contributed by atoms with Gasteiger partial charge in [0.2, 0.25) is 0 Å². The van der Waals surface area contributed by atoms with Crippen LogP contribution in [0.2, 0.25) is 0 Å². The van der Waals surface area contributed by atoms with E-state index in [9.17, 15) is 13.6 Å². The number of hydrogen-bond donors (Lipinski definition) is 1. The molecule has 2 aromatic rings. The Morgan fingerprint density at radius 1 is 1.05 bits per heavy atom. The highest BCUT2D eigenvalue weighted by atomic mass is 19.1. The third-order valence-electron chi connectivity index (χ3n) is 2.68. The number of anilines is 1. The number of carbonyl (C=O) groups is 1. The standard InChI is InChI=1S/C16H13F2NO/c1-11(19-15-5-3-2-4-14(15)18)10-16(20)12-6-8-13(17)9-7-12/h2-10,19H,1H3/b11-10+. The Hall–Kier alpha value is -2.49. The van der Waals surface area contributed by atoms with E-state index in [1.165, 1.54) is 36.4 Å². The van der Waals surface area contributed by atoms with Crippen molar-refractivity contribution >= 4 is 11.5 Å². The largest absolute Gasteiger partial charge is 0.357 e. The Balaban J connectivity index is 2.12. The van der Waals surface area contributed by atoms with Crippen LogP contribution in [0.4, 0.5) is 14.5 Å². The average molecular weight is 273 g/mol. The zero-order valence-corrected chi connectivity index (χ0v) is 10.9. The molecule has 0 saturated carbocycles. The molecule has 0 aliphatic rings. The molecule has 0 atom stereocenters. The number of benzene rings is 2. The second-order valence-electron chi connectivity index (χ2n) is 4.30. The van der Waals surface area contributed by atoms with E-state index in [1.54, 1.807) is 25.1 Å². The second kappa shape index (κ2) is 6.10. The molecule has 1 N–H and O–H groups in total. The molecule has 0 aromatic heterocycles. The number of allylic oxidation sites excluding steroid dienone is 2. The predicted molar refractivity (Wildman–Crippen MR) is 74.5 cm³/mol. The average Bonchev–Trinajstić information content (AvgIpc) is 2.42. The van der Waals surface area contributed by atoms with Gasteiger partial charge < -0.3 is 5.32 Å². The van der Waals surface area contributed by atoms with Gasteiger partial charge in [-0.1, -0.05) is 12.1 Å². The molecule has 2 aromatic carbocycles. The van der Waals surface area contributed by atoms with E-state index < -0.39 is 11.6 Å². The molecular formula is C16H13F2NO. The molecule has 0 fully saturated rings. The molecule has 4 heteroatoms. The van der Waals surface area contributed by atoms with Crippen LogP contribution in [0, 0.1) is 11.6 Å². The van der Waals surface area contributed by atoms with Crippen molar-refractivity contribution in [2.45, 2.75) is 6.92 Å². The molecule has 0 heterocycles. The maximum absolute atomic E-state index is 13.4. The first-order chi connectivity index (χ1) is 9.56. The monoisotopic (exact) mass is 273 g/mol. The highest BCUT2D eigenvalue weighted by Gasteiger charge is 2.05. The fourth-order valence-corrected chi connectivity index (χ4v) is 1.71.